The molecule has 28 heavy (non-hydrogen) atoms. The third-order valence-electron chi connectivity index (χ3n) is 5.14. The molecule has 3 rings (SSSR count). The van der Waals surface area contributed by atoms with Gasteiger partial charge in [0.15, 0.2) is 0 Å². The van der Waals surface area contributed by atoms with Gasteiger partial charge in [-0.05, 0) is 63.3 Å². The van der Waals surface area contributed by atoms with Crippen molar-refractivity contribution in [1.29, 1.82) is 0 Å². The predicted molar refractivity (Wildman–Crippen MR) is 115 cm³/mol. The zero-order chi connectivity index (χ0) is 19.9. The summed E-state index contributed by atoms with van der Waals surface area (Å²) in [7, 11) is 4.09. The summed E-state index contributed by atoms with van der Waals surface area (Å²) in [5, 5.41) is 18.2. The van der Waals surface area contributed by atoms with Crippen molar-refractivity contribution in [2.75, 3.05) is 32.5 Å². The van der Waals surface area contributed by atoms with Gasteiger partial charge in [0, 0.05) is 18.3 Å². The second kappa shape index (κ2) is 9.84. The van der Waals surface area contributed by atoms with Gasteiger partial charge in [0.2, 0.25) is 0 Å². The van der Waals surface area contributed by atoms with Crippen LogP contribution in [-0.4, -0.2) is 56.6 Å². The molecule has 0 spiro atoms. The number of hydrogen-bond donors (Lipinski definition) is 5. The number of rotatable bonds is 7. The van der Waals surface area contributed by atoms with Gasteiger partial charge >= 0.3 is 6.03 Å². The van der Waals surface area contributed by atoms with Gasteiger partial charge in [0.25, 0.3) is 0 Å². The van der Waals surface area contributed by atoms with E-state index in [4.69, 9.17) is 0 Å². The van der Waals surface area contributed by atoms with E-state index >= 15 is 0 Å². The molecule has 1 aliphatic rings. The van der Waals surface area contributed by atoms with Crippen LogP contribution in [0.3, 0.4) is 0 Å². The first-order valence-corrected chi connectivity index (χ1v) is 9.98. The summed E-state index contributed by atoms with van der Waals surface area (Å²) in [4.78, 5) is 14.8. The number of amides is 2. The third-order valence-corrected chi connectivity index (χ3v) is 5.14. The molecular weight excluding hydrogens is 352 g/mol. The highest BCUT2D eigenvalue weighted by Crippen LogP contribution is 2.18. The molecule has 5 N–H and O–H groups in total. The van der Waals surface area contributed by atoms with E-state index in [2.05, 4.69) is 51.5 Å². The second-order valence-corrected chi connectivity index (χ2v) is 7.52. The Kier molecular flexibility index (Phi) is 7.22. The lowest BCUT2D eigenvalue weighted by Crippen LogP contribution is -2.67. The first kappa shape index (κ1) is 20.5. The number of carbonyl (C=O) groups is 1. The summed E-state index contributed by atoms with van der Waals surface area (Å²) >= 11 is 0. The molecule has 0 aromatic heterocycles. The fourth-order valence-electron chi connectivity index (χ4n) is 3.61. The molecule has 1 fully saturated rings. The van der Waals surface area contributed by atoms with Gasteiger partial charge in [-0.2, -0.15) is 0 Å². The van der Waals surface area contributed by atoms with Crippen LogP contribution in [0.5, 0.6) is 0 Å². The summed E-state index contributed by atoms with van der Waals surface area (Å²) in [6, 6.07) is 14.1. The van der Waals surface area contributed by atoms with Crippen LogP contribution < -0.4 is 26.6 Å². The normalized spacial score (nSPS) is 22.4. The molecule has 0 radical (unpaired) electrons. The number of fused-ring (bicyclic) bond motifs is 1. The molecule has 2 aromatic carbocycles. The van der Waals surface area contributed by atoms with Gasteiger partial charge in [0.05, 0.1) is 6.17 Å². The van der Waals surface area contributed by atoms with Gasteiger partial charge in [-0.15, -0.1) is 0 Å². The molecule has 1 aliphatic heterocycles. The van der Waals surface area contributed by atoms with Crippen molar-refractivity contribution >= 4 is 22.5 Å². The van der Waals surface area contributed by atoms with Gasteiger partial charge in [-0.3, -0.25) is 15.5 Å². The minimum absolute atomic E-state index is 0.221. The van der Waals surface area contributed by atoms with Crippen LogP contribution in [-0.2, 0) is 0 Å². The quantitative estimate of drug-likeness (QED) is 0.473. The van der Waals surface area contributed by atoms with E-state index < -0.39 is 0 Å². The fourth-order valence-corrected chi connectivity index (χ4v) is 3.61. The van der Waals surface area contributed by atoms with E-state index in [9.17, 15) is 4.79 Å². The van der Waals surface area contributed by atoms with E-state index in [0.29, 0.717) is 6.04 Å². The van der Waals surface area contributed by atoms with E-state index in [1.807, 2.05) is 43.4 Å². The average Bonchev–Trinajstić information content (AvgIpc) is 2.67. The number of hydrogen-bond acceptors (Lipinski definition) is 5. The molecule has 1 saturated heterocycles. The van der Waals surface area contributed by atoms with Gasteiger partial charge in [0.1, 0.15) is 6.29 Å². The number of carbonyl (C=O) groups excluding carboxylic acids is 1. The van der Waals surface area contributed by atoms with Crippen molar-refractivity contribution in [2.45, 2.75) is 38.3 Å². The molecule has 3 unspecified atom stereocenters. The van der Waals surface area contributed by atoms with Crippen LogP contribution in [0.4, 0.5) is 10.5 Å². The van der Waals surface area contributed by atoms with Crippen LogP contribution in [0.25, 0.3) is 10.8 Å². The Morgan fingerprint density at radius 2 is 1.96 bits per heavy atom. The molecule has 0 aliphatic carbocycles. The maximum Gasteiger partial charge on any atom is 0.321 e. The highest BCUT2D eigenvalue weighted by molar-refractivity contribution is 5.93. The maximum atomic E-state index is 12.5. The summed E-state index contributed by atoms with van der Waals surface area (Å²) in [6.07, 6.45) is 2.02. The van der Waals surface area contributed by atoms with Crippen molar-refractivity contribution in [3.63, 3.8) is 0 Å². The molecule has 0 bridgehead atoms. The Labute approximate surface area is 167 Å². The SMILES string of the molecule is CNCCCN(C)C1CC(C)NC(NC(=O)Nc2ccc3ccccc3c2)N1. The van der Waals surface area contributed by atoms with Crippen LogP contribution in [0.15, 0.2) is 42.5 Å². The van der Waals surface area contributed by atoms with E-state index in [-0.39, 0.29) is 18.5 Å². The molecule has 0 saturated carbocycles. The summed E-state index contributed by atoms with van der Waals surface area (Å²) < 4.78 is 0. The molecule has 2 amide bonds. The summed E-state index contributed by atoms with van der Waals surface area (Å²) in [5.41, 5.74) is 0.779. The summed E-state index contributed by atoms with van der Waals surface area (Å²) in [5.74, 6) is 0. The van der Waals surface area contributed by atoms with Crippen LogP contribution in [0, 0.1) is 0 Å². The second-order valence-electron chi connectivity index (χ2n) is 7.52. The zero-order valence-corrected chi connectivity index (χ0v) is 17.0. The molecule has 7 nitrogen and oxygen atoms in total. The number of urea groups is 1. The maximum absolute atomic E-state index is 12.5. The molecule has 1 heterocycles. The van der Waals surface area contributed by atoms with Crippen LogP contribution >= 0.6 is 0 Å². The monoisotopic (exact) mass is 384 g/mol. The van der Waals surface area contributed by atoms with Crippen molar-refractivity contribution in [2.24, 2.45) is 0 Å². The predicted octanol–water partition coefficient (Wildman–Crippen LogP) is 2.08. The molecule has 152 valence electrons. The molecule has 7 heteroatoms. The van der Waals surface area contributed by atoms with Gasteiger partial charge < -0.3 is 16.0 Å². The Balaban J connectivity index is 1.54. The topological polar surface area (TPSA) is 80.5 Å². The van der Waals surface area contributed by atoms with Gasteiger partial charge in [-0.1, -0.05) is 30.3 Å². The highest BCUT2D eigenvalue weighted by atomic mass is 16.2. The number of nitrogens with zero attached hydrogens (tertiary/aromatic N) is 1. The van der Waals surface area contributed by atoms with Gasteiger partial charge in [-0.25, -0.2) is 4.79 Å². The lowest BCUT2D eigenvalue weighted by Gasteiger charge is -2.40. The smallest absolute Gasteiger partial charge is 0.320 e. The zero-order valence-electron chi connectivity index (χ0n) is 17.0. The Morgan fingerprint density at radius 3 is 2.75 bits per heavy atom. The first-order chi connectivity index (χ1) is 13.5. The molecule has 2 aromatic rings. The minimum Gasteiger partial charge on any atom is -0.320 e. The number of benzene rings is 2. The first-order valence-electron chi connectivity index (χ1n) is 9.98. The number of anilines is 1. The summed E-state index contributed by atoms with van der Waals surface area (Å²) in [6.45, 7) is 4.15. The Hall–Kier alpha value is -2.19. The van der Waals surface area contributed by atoms with Crippen molar-refractivity contribution < 1.29 is 4.79 Å². The highest BCUT2D eigenvalue weighted by Gasteiger charge is 2.28. The average molecular weight is 385 g/mol. The van der Waals surface area contributed by atoms with Crippen LogP contribution in [0.1, 0.15) is 19.8 Å². The van der Waals surface area contributed by atoms with Crippen molar-refractivity contribution in [3.8, 4) is 0 Å². The van der Waals surface area contributed by atoms with Crippen LogP contribution in [0.2, 0.25) is 0 Å². The minimum atomic E-state index is -0.277. The Morgan fingerprint density at radius 1 is 1.18 bits per heavy atom. The van der Waals surface area contributed by atoms with E-state index in [0.717, 1.165) is 42.4 Å². The van der Waals surface area contributed by atoms with Crippen molar-refractivity contribution in [1.82, 2.24) is 26.2 Å². The van der Waals surface area contributed by atoms with E-state index in [1.165, 1.54) is 0 Å². The lowest BCUT2D eigenvalue weighted by atomic mass is 10.1. The Bertz CT molecular complexity index is 782. The molecule has 3 atom stereocenters. The third kappa shape index (κ3) is 5.65. The fraction of sp³-hybridized carbons (Fsp3) is 0.476. The van der Waals surface area contributed by atoms with Crippen molar-refractivity contribution in [3.05, 3.63) is 42.5 Å². The lowest BCUT2D eigenvalue weighted by molar-refractivity contribution is 0.108. The largest absolute Gasteiger partial charge is 0.321 e. The number of nitrogens with one attached hydrogen (secondary N) is 5. The standard InChI is InChI=1S/C21H32N6O/c1-15-13-19(27(3)12-6-11-22-2)25-20(23-15)26-21(28)24-18-10-9-16-7-4-5-8-17(16)14-18/h4-5,7-10,14-15,19-20,22-23,25H,6,11-13H2,1-3H3,(H2,24,26,28). The molecular formula is C21H32N6O. The van der Waals surface area contributed by atoms with E-state index in [1.54, 1.807) is 0 Å².